The van der Waals surface area contributed by atoms with Gasteiger partial charge in [-0.3, -0.25) is 0 Å². The zero-order chi connectivity index (χ0) is 9.23. The molecule has 0 N–H and O–H groups in total. The maximum Gasteiger partial charge on any atom is 0.156 e. The molecular weight excluding hydrogens is 168 g/mol. The van der Waals surface area contributed by atoms with E-state index in [4.69, 9.17) is 9.47 Å². The zero-order valence-corrected chi connectivity index (χ0v) is 10.1. The Bertz CT molecular complexity index is 84.6. The van der Waals surface area contributed by atoms with E-state index in [-0.39, 0.29) is 6.29 Å². The third-order valence-electron chi connectivity index (χ3n) is 2.07. The number of unbranched alkanes of at least 4 members (excludes halogenated alkanes) is 2. The van der Waals surface area contributed by atoms with Crippen LogP contribution < -0.4 is 0 Å². The van der Waals surface area contributed by atoms with Crippen LogP contribution in [0.2, 0.25) is 12.6 Å². The van der Waals surface area contributed by atoms with Crippen LogP contribution in [0.5, 0.6) is 0 Å². The van der Waals surface area contributed by atoms with Crippen molar-refractivity contribution >= 4 is 9.52 Å². The van der Waals surface area contributed by atoms with Gasteiger partial charge < -0.3 is 9.47 Å². The van der Waals surface area contributed by atoms with E-state index >= 15 is 0 Å². The monoisotopic (exact) mass is 190 g/mol. The molecule has 0 heterocycles. The molecule has 0 spiro atoms. The summed E-state index contributed by atoms with van der Waals surface area (Å²) < 4.78 is 10.2. The Labute approximate surface area is 78.5 Å². The molecule has 0 atom stereocenters. The average Bonchev–Trinajstić information content (AvgIpc) is 2.11. The van der Waals surface area contributed by atoms with Gasteiger partial charge in [-0.1, -0.05) is 25.4 Å². The van der Waals surface area contributed by atoms with Crippen molar-refractivity contribution < 1.29 is 9.47 Å². The lowest BCUT2D eigenvalue weighted by atomic mass is 10.2. The number of ether oxygens (including phenoxy) is 2. The Morgan fingerprint density at radius 1 is 1.08 bits per heavy atom. The van der Waals surface area contributed by atoms with Crippen molar-refractivity contribution in [3.05, 3.63) is 0 Å². The van der Waals surface area contributed by atoms with Gasteiger partial charge in [-0.25, -0.2) is 0 Å². The lowest BCUT2D eigenvalue weighted by Gasteiger charge is -2.12. The predicted molar refractivity (Wildman–Crippen MR) is 55.5 cm³/mol. The van der Waals surface area contributed by atoms with Gasteiger partial charge in [0, 0.05) is 23.7 Å². The number of hydrogen-bond donors (Lipinski definition) is 0. The van der Waals surface area contributed by atoms with E-state index in [0.29, 0.717) is 9.52 Å². The largest absolute Gasteiger partial charge is 0.356 e. The summed E-state index contributed by atoms with van der Waals surface area (Å²) in [6.07, 6.45) is 5.04. The smallest absolute Gasteiger partial charge is 0.156 e. The molecule has 0 saturated carbocycles. The Morgan fingerprint density at radius 2 is 1.75 bits per heavy atom. The molecule has 0 saturated heterocycles. The summed E-state index contributed by atoms with van der Waals surface area (Å²) in [6.45, 7) is 2.37. The van der Waals surface area contributed by atoms with Gasteiger partial charge in [-0.05, 0) is 12.8 Å². The average molecular weight is 190 g/mol. The minimum absolute atomic E-state index is 0.0175. The van der Waals surface area contributed by atoms with Crippen LogP contribution in [0.1, 0.15) is 25.7 Å². The maximum absolute atomic E-state index is 5.09. The lowest BCUT2D eigenvalue weighted by Crippen LogP contribution is -2.12. The van der Waals surface area contributed by atoms with Crippen LogP contribution in [-0.2, 0) is 9.47 Å². The summed E-state index contributed by atoms with van der Waals surface area (Å²) in [7, 11) is 3.70. The predicted octanol–water partition coefficient (Wildman–Crippen LogP) is 1.80. The van der Waals surface area contributed by atoms with Gasteiger partial charge in [0.25, 0.3) is 0 Å². The fourth-order valence-electron chi connectivity index (χ4n) is 1.25. The summed E-state index contributed by atoms with van der Waals surface area (Å²) in [6, 6.07) is 1.49. The molecule has 0 aliphatic carbocycles. The van der Waals surface area contributed by atoms with Gasteiger partial charge in [-0.2, -0.15) is 0 Å². The van der Waals surface area contributed by atoms with E-state index in [1.807, 2.05) is 0 Å². The van der Waals surface area contributed by atoms with Crippen LogP contribution in [0.25, 0.3) is 0 Å². The molecule has 0 aromatic carbocycles. The molecule has 0 unspecified atom stereocenters. The molecule has 0 fully saturated rings. The second-order valence-corrected chi connectivity index (χ2v) is 4.81. The first kappa shape index (κ1) is 12.1. The molecule has 0 radical (unpaired) electrons. The van der Waals surface area contributed by atoms with E-state index in [0.717, 1.165) is 6.42 Å². The zero-order valence-electron chi connectivity index (χ0n) is 8.64. The van der Waals surface area contributed by atoms with Gasteiger partial charge >= 0.3 is 0 Å². The van der Waals surface area contributed by atoms with Gasteiger partial charge in [-0.15, -0.1) is 0 Å². The van der Waals surface area contributed by atoms with Crippen molar-refractivity contribution in [3.8, 4) is 0 Å². The van der Waals surface area contributed by atoms with Crippen molar-refractivity contribution in [3.63, 3.8) is 0 Å². The Morgan fingerprint density at radius 3 is 2.25 bits per heavy atom. The van der Waals surface area contributed by atoms with Crippen LogP contribution in [0.3, 0.4) is 0 Å². The Kier molecular flexibility index (Phi) is 9.33. The molecule has 0 rings (SSSR count). The van der Waals surface area contributed by atoms with Gasteiger partial charge in [0.2, 0.25) is 0 Å². The highest BCUT2D eigenvalue weighted by Crippen LogP contribution is 2.07. The van der Waals surface area contributed by atoms with E-state index in [9.17, 15) is 0 Å². The molecular formula is C9H22O2Si. The van der Waals surface area contributed by atoms with Crippen molar-refractivity contribution in [2.24, 2.45) is 0 Å². The van der Waals surface area contributed by atoms with Crippen LogP contribution in [0.15, 0.2) is 0 Å². The summed E-state index contributed by atoms with van der Waals surface area (Å²) in [5, 5.41) is 0. The molecule has 74 valence electrons. The summed E-state index contributed by atoms with van der Waals surface area (Å²) in [4.78, 5) is 0. The minimum atomic E-state index is 0.0175. The quantitative estimate of drug-likeness (QED) is 0.330. The van der Waals surface area contributed by atoms with E-state index in [2.05, 4.69) is 6.55 Å². The number of rotatable bonds is 8. The minimum Gasteiger partial charge on any atom is -0.356 e. The third-order valence-corrected chi connectivity index (χ3v) is 3.28. The normalized spacial score (nSPS) is 12.0. The third kappa shape index (κ3) is 6.82. The first-order chi connectivity index (χ1) is 5.85. The fourth-order valence-corrected chi connectivity index (χ4v) is 2.10. The van der Waals surface area contributed by atoms with Gasteiger partial charge in [0.05, 0.1) is 0 Å². The maximum atomic E-state index is 5.09. The number of hydrogen-bond acceptors (Lipinski definition) is 2. The summed E-state index contributed by atoms with van der Waals surface area (Å²) in [5.41, 5.74) is 0. The van der Waals surface area contributed by atoms with Crippen molar-refractivity contribution in [1.29, 1.82) is 0 Å². The first-order valence-corrected chi connectivity index (χ1v) is 7.32. The van der Waals surface area contributed by atoms with Crippen molar-refractivity contribution in [1.82, 2.24) is 0 Å². The molecule has 0 amide bonds. The topological polar surface area (TPSA) is 18.5 Å². The van der Waals surface area contributed by atoms with Crippen molar-refractivity contribution in [2.45, 2.75) is 44.6 Å². The SMILES string of the molecule is COC(CCCCC[SiH2]C)OC. The molecule has 0 bridgehead atoms. The van der Waals surface area contributed by atoms with Crippen LogP contribution in [0.4, 0.5) is 0 Å². The molecule has 0 aliphatic heterocycles. The summed E-state index contributed by atoms with van der Waals surface area (Å²) in [5.74, 6) is 0. The van der Waals surface area contributed by atoms with Crippen LogP contribution in [-0.4, -0.2) is 30.0 Å². The molecule has 0 aliphatic rings. The molecule has 2 nitrogen and oxygen atoms in total. The number of methoxy groups -OCH3 is 2. The fraction of sp³-hybridized carbons (Fsp3) is 1.00. The second-order valence-electron chi connectivity index (χ2n) is 3.10. The van der Waals surface area contributed by atoms with Gasteiger partial charge in [0.1, 0.15) is 0 Å². The van der Waals surface area contributed by atoms with E-state index < -0.39 is 0 Å². The van der Waals surface area contributed by atoms with Crippen molar-refractivity contribution in [2.75, 3.05) is 14.2 Å². The molecule has 12 heavy (non-hydrogen) atoms. The Balaban J connectivity index is 3.06. The molecule has 3 heteroatoms. The molecule has 0 aromatic heterocycles. The van der Waals surface area contributed by atoms with E-state index in [1.165, 1.54) is 25.3 Å². The Hall–Kier alpha value is 0.137. The lowest BCUT2D eigenvalue weighted by molar-refractivity contribution is -0.107. The second kappa shape index (κ2) is 9.23. The standard InChI is InChI=1S/C9H22O2Si/c1-10-9(11-2)7-5-4-6-8-12-3/h9H,4-8,12H2,1-3H3. The highest BCUT2D eigenvalue weighted by molar-refractivity contribution is 6.33. The highest BCUT2D eigenvalue weighted by Gasteiger charge is 2.02. The van der Waals surface area contributed by atoms with E-state index in [1.54, 1.807) is 14.2 Å². The van der Waals surface area contributed by atoms with Gasteiger partial charge in [0.15, 0.2) is 6.29 Å². The summed E-state index contributed by atoms with van der Waals surface area (Å²) >= 11 is 0. The first-order valence-electron chi connectivity index (χ1n) is 4.90. The molecule has 0 aromatic rings. The van der Waals surface area contributed by atoms with Crippen LogP contribution in [0, 0.1) is 0 Å². The highest BCUT2D eigenvalue weighted by atomic mass is 28.2. The van der Waals surface area contributed by atoms with Crippen LogP contribution >= 0.6 is 0 Å².